The summed E-state index contributed by atoms with van der Waals surface area (Å²) in [6.45, 7) is 8.22. The lowest BCUT2D eigenvalue weighted by molar-refractivity contribution is -0.118. The lowest BCUT2D eigenvalue weighted by Gasteiger charge is -2.21. The minimum atomic E-state index is -0.0272. The largest absolute Gasteiger partial charge is 0.501 e. The molecule has 3 heteroatoms. The van der Waals surface area contributed by atoms with Crippen molar-refractivity contribution in [3.05, 3.63) is 11.8 Å². The van der Waals surface area contributed by atoms with Crippen LogP contribution in [0.1, 0.15) is 27.7 Å². The maximum Gasteiger partial charge on any atom is 0.217 e. The van der Waals surface area contributed by atoms with Crippen LogP contribution in [0.5, 0.6) is 0 Å². The molecule has 0 aromatic carbocycles. The second-order valence-electron chi connectivity index (χ2n) is 3.96. The van der Waals surface area contributed by atoms with Crippen LogP contribution in [-0.2, 0) is 9.53 Å². The Bertz CT molecular complexity index is 201. The molecule has 1 amide bonds. The van der Waals surface area contributed by atoms with Gasteiger partial charge >= 0.3 is 0 Å². The average Bonchev–Trinajstić information content (AvgIpc) is 1.95. The number of amides is 1. The van der Waals surface area contributed by atoms with Crippen molar-refractivity contribution in [3.63, 3.8) is 0 Å². The van der Waals surface area contributed by atoms with Crippen LogP contribution in [0, 0.1) is 5.41 Å². The number of allylic oxidation sites excluding steroid dienone is 1. The summed E-state index contributed by atoms with van der Waals surface area (Å²) in [5.41, 5.74) is -0.00673. The molecular formula is C10H19NO2. The summed E-state index contributed by atoms with van der Waals surface area (Å²) in [7, 11) is 1.64. The highest BCUT2D eigenvalue weighted by Crippen LogP contribution is 2.24. The van der Waals surface area contributed by atoms with Gasteiger partial charge in [0, 0.05) is 18.9 Å². The van der Waals surface area contributed by atoms with Crippen molar-refractivity contribution in [3.8, 4) is 0 Å². The molecule has 76 valence electrons. The van der Waals surface area contributed by atoms with Crippen LogP contribution >= 0.6 is 0 Å². The standard InChI is InChI=1S/C10H19NO2/c1-8(12)11-7-6-9(13-5)10(2,3)4/h6H,7H2,1-5H3,(H,11,12)/b9-6-. The molecule has 0 saturated carbocycles. The summed E-state index contributed by atoms with van der Waals surface area (Å²) in [6.07, 6.45) is 1.89. The molecule has 0 aliphatic carbocycles. The summed E-state index contributed by atoms with van der Waals surface area (Å²) in [4.78, 5) is 10.6. The number of methoxy groups -OCH3 is 1. The number of hydrogen-bond donors (Lipinski definition) is 1. The van der Waals surface area contributed by atoms with Crippen molar-refractivity contribution in [2.24, 2.45) is 5.41 Å². The summed E-state index contributed by atoms with van der Waals surface area (Å²) >= 11 is 0. The minimum Gasteiger partial charge on any atom is -0.501 e. The van der Waals surface area contributed by atoms with E-state index in [1.807, 2.05) is 6.08 Å². The van der Waals surface area contributed by atoms with E-state index in [0.29, 0.717) is 6.54 Å². The van der Waals surface area contributed by atoms with E-state index in [-0.39, 0.29) is 11.3 Å². The molecule has 0 rings (SSSR count). The highest BCUT2D eigenvalue weighted by molar-refractivity contribution is 5.72. The zero-order valence-electron chi connectivity index (χ0n) is 9.10. The van der Waals surface area contributed by atoms with Gasteiger partial charge in [-0.2, -0.15) is 0 Å². The smallest absolute Gasteiger partial charge is 0.217 e. The Hall–Kier alpha value is -0.990. The van der Waals surface area contributed by atoms with E-state index >= 15 is 0 Å². The third-order valence-electron chi connectivity index (χ3n) is 1.60. The van der Waals surface area contributed by atoms with Gasteiger partial charge in [0.05, 0.1) is 12.9 Å². The molecule has 0 atom stereocenters. The fourth-order valence-corrected chi connectivity index (χ4v) is 0.983. The predicted octanol–water partition coefficient (Wildman–Crippen LogP) is 1.70. The van der Waals surface area contributed by atoms with Gasteiger partial charge in [-0.1, -0.05) is 20.8 Å². The average molecular weight is 185 g/mol. The fourth-order valence-electron chi connectivity index (χ4n) is 0.983. The summed E-state index contributed by atoms with van der Waals surface area (Å²) < 4.78 is 5.21. The van der Waals surface area contributed by atoms with Gasteiger partial charge in [0.15, 0.2) is 0 Å². The number of nitrogens with one attached hydrogen (secondary N) is 1. The van der Waals surface area contributed by atoms with Crippen LogP contribution < -0.4 is 5.32 Å². The minimum absolute atomic E-state index is 0.00673. The van der Waals surface area contributed by atoms with Crippen LogP contribution in [0.15, 0.2) is 11.8 Å². The van der Waals surface area contributed by atoms with Crippen molar-refractivity contribution in [1.82, 2.24) is 5.32 Å². The van der Waals surface area contributed by atoms with Crippen LogP contribution in [0.4, 0.5) is 0 Å². The lowest BCUT2D eigenvalue weighted by Crippen LogP contribution is -2.21. The van der Waals surface area contributed by atoms with Gasteiger partial charge in [-0.25, -0.2) is 0 Å². The Morgan fingerprint density at radius 1 is 1.46 bits per heavy atom. The predicted molar refractivity (Wildman–Crippen MR) is 53.2 cm³/mol. The topological polar surface area (TPSA) is 38.3 Å². The van der Waals surface area contributed by atoms with Gasteiger partial charge in [0.1, 0.15) is 0 Å². The Morgan fingerprint density at radius 3 is 2.31 bits per heavy atom. The Kier molecular flexibility index (Phi) is 4.52. The molecule has 0 saturated heterocycles. The Labute approximate surface area is 80.2 Å². The summed E-state index contributed by atoms with van der Waals surface area (Å²) in [5.74, 6) is 0.863. The maximum absolute atomic E-state index is 10.6. The zero-order chi connectivity index (χ0) is 10.5. The Balaban J connectivity index is 4.16. The molecule has 13 heavy (non-hydrogen) atoms. The molecule has 0 unspecified atom stereocenters. The normalized spacial score (nSPS) is 12.5. The van der Waals surface area contributed by atoms with Crippen molar-refractivity contribution in [2.45, 2.75) is 27.7 Å². The van der Waals surface area contributed by atoms with Crippen LogP contribution in [0.3, 0.4) is 0 Å². The van der Waals surface area contributed by atoms with Gasteiger partial charge < -0.3 is 10.1 Å². The molecular weight excluding hydrogens is 166 g/mol. The number of rotatable bonds is 3. The van der Waals surface area contributed by atoms with E-state index in [1.165, 1.54) is 6.92 Å². The molecule has 0 bridgehead atoms. The lowest BCUT2D eigenvalue weighted by atomic mass is 9.93. The van der Waals surface area contributed by atoms with E-state index < -0.39 is 0 Å². The molecule has 3 nitrogen and oxygen atoms in total. The third-order valence-corrected chi connectivity index (χ3v) is 1.60. The SMILES string of the molecule is CO/C(=C\CNC(C)=O)C(C)(C)C. The van der Waals surface area contributed by atoms with E-state index in [4.69, 9.17) is 4.74 Å². The Morgan fingerprint density at radius 2 is 2.00 bits per heavy atom. The van der Waals surface area contributed by atoms with Gasteiger partial charge in [0.2, 0.25) is 5.91 Å². The van der Waals surface area contributed by atoms with Gasteiger partial charge in [-0.05, 0) is 6.08 Å². The molecule has 0 aliphatic rings. The molecule has 0 aliphatic heterocycles. The zero-order valence-corrected chi connectivity index (χ0v) is 9.10. The van der Waals surface area contributed by atoms with Crippen LogP contribution in [0.2, 0.25) is 0 Å². The van der Waals surface area contributed by atoms with Crippen molar-refractivity contribution in [2.75, 3.05) is 13.7 Å². The second-order valence-corrected chi connectivity index (χ2v) is 3.96. The van der Waals surface area contributed by atoms with Crippen molar-refractivity contribution < 1.29 is 9.53 Å². The first-order valence-electron chi connectivity index (χ1n) is 4.37. The monoisotopic (exact) mass is 185 g/mol. The quantitative estimate of drug-likeness (QED) is 0.680. The van der Waals surface area contributed by atoms with Crippen LogP contribution in [-0.4, -0.2) is 19.6 Å². The molecule has 0 heterocycles. The number of carbonyl (C=O) groups excluding carboxylic acids is 1. The van der Waals surface area contributed by atoms with Gasteiger partial charge in [-0.3, -0.25) is 4.79 Å². The molecule has 0 fully saturated rings. The molecule has 0 spiro atoms. The second kappa shape index (κ2) is 4.90. The first-order chi connectivity index (χ1) is 5.88. The highest BCUT2D eigenvalue weighted by atomic mass is 16.5. The maximum atomic E-state index is 10.6. The first kappa shape index (κ1) is 12.0. The molecule has 1 N–H and O–H groups in total. The van der Waals surface area contributed by atoms with E-state index in [1.54, 1.807) is 7.11 Å². The van der Waals surface area contributed by atoms with E-state index in [9.17, 15) is 4.79 Å². The van der Waals surface area contributed by atoms with E-state index in [0.717, 1.165) is 5.76 Å². The van der Waals surface area contributed by atoms with Gasteiger partial charge in [-0.15, -0.1) is 0 Å². The molecule has 0 aromatic rings. The third kappa shape index (κ3) is 5.28. The highest BCUT2D eigenvalue weighted by Gasteiger charge is 2.16. The van der Waals surface area contributed by atoms with E-state index in [2.05, 4.69) is 26.1 Å². The van der Waals surface area contributed by atoms with Crippen LogP contribution in [0.25, 0.3) is 0 Å². The summed E-state index contributed by atoms with van der Waals surface area (Å²) in [6, 6.07) is 0. The fraction of sp³-hybridized carbons (Fsp3) is 0.700. The summed E-state index contributed by atoms with van der Waals surface area (Å²) in [5, 5.41) is 2.69. The van der Waals surface area contributed by atoms with Crippen molar-refractivity contribution in [1.29, 1.82) is 0 Å². The number of hydrogen-bond acceptors (Lipinski definition) is 2. The van der Waals surface area contributed by atoms with Gasteiger partial charge in [0.25, 0.3) is 0 Å². The first-order valence-corrected chi connectivity index (χ1v) is 4.37. The number of carbonyl (C=O) groups is 1. The number of ether oxygens (including phenoxy) is 1. The van der Waals surface area contributed by atoms with Crippen molar-refractivity contribution >= 4 is 5.91 Å². The molecule has 0 radical (unpaired) electrons. The molecule has 0 aromatic heterocycles.